The maximum Gasteiger partial charge on any atom is 0.306 e. The lowest BCUT2D eigenvalue weighted by Gasteiger charge is -2.45. The topological polar surface area (TPSA) is 76.2 Å². The molecule has 0 bridgehead atoms. The number of fused-ring (bicyclic) bond motifs is 1. The molecule has 1 heterocycles. The third-order valence-electron chi connectivity index (χ3n) is 4.02. The molecular formula is C13H11FN2O3. The quantitative estimate of drug-likeness (QED) is 0.576. The molecule has 2 aliphatic rings. The van der Waals surface area contributed by atoms with E-state index in [4.69, 9.17) is 10.00 Å². The molecule has 19 heavy (non-hydrogen) atoms. The predicted octanol–water partition coefficient (Wildman–Crippen LogP) is 2.85. The average Bonchev–Trinajstić information content (AvgIpc) is 2.35. The van der Waals surface area contributed by atoms with Crippen LogP contribution in [-0.4, -0.2) is 10.5 Å². The second-order valence-electron chi connectivity index (χ2n) is 5.08. The van der Waals surface area contributed by atoms with Crippen LogP contribution in [-0.2, 0) is 6.42 Å². The molecule has 0 atom stereocenters. The number of halogens is 1. The van der Waals surface area contributed by atoms with E-state index >= 15 is 0 Å². The summed E-state index contributed by atoms with van der Waals surface area (Å²) in [6.45, 7) is 0. The summed E-state index contributed by atoms with van der Waals surface area (Å²) < 4.78 is 19.7. The van der Waals surface area contributed by atoms with Crippen molar-refractivity contribution in [3.05, 3.63) is 33.1 Å². The lowest BCUT2D eigenvalue weighted by atomic mass is 9.74. The molecule has 0 unspecified atom stereocenters. The van der Waals surface area contributed by atoms with E-state index in [1.54, 1.807) is 6.07 Å². The van der Waals surface area contributed by atoms with Crippen LogP contribution in [0, 0.1) is 27.3 Å². The van der Waals surface area contributed by atoms with Crippen molar-refractivity contribution in [1.29, 1.82) is 5.26 Å². The number of hydrogen-bond donors (Lipinski definition) is 0. The van der Waals surface area contributed by atoms with E-state index in [1.165, 1.54) is 6.07 Å². The Kier molecular flexibility index (Phi) is 2.45. The summed E-state index contributed by atoms with van der Waals surface area (Å²) in [5.74, 6) is -0.890. The van der Waals surface area contributed by atoms with Crippen molar-refractivity contribution >= 4 is 5.69 Å². The van der Waals surface area contributed by atoms with Crippen LogP contribution in [0.25, 0.3) is 0 Å². The van der Waals surface area contributed by atoms with Gasteiger partial charge < -0.3 is 4.74 Å². The van der Waals surface area contributed by atoms with Crippen molar-refractivity contribution < 1.29 is 14.1 Å². The highest BCUT2D eigenvalue weighted by Crippen LogP contribution is 2.47. The third kappa shape index (κ3) is 1.65. The number of nitriles is 1. The largest absolute Gasteiger partial charge is 0.485 e. The van der Waals surface area contributed by atoms with Gasteiger partial charge in [0.1, 0.15) is 23.0 Å². The molecule has 1 saturated carbocycles. The summed E-state index contributed by atoms with van der Waals surface area (Å²) in [7, 11) is 0. The molecular weight excluding hydrogens is 251 g/mol. The van der Waals surface area contributed by atoms with Gasteiger partial charge in [0.05, 0.1) is 4.92 Å². The van der Waals surface area contributed by atoms with Crippen LogP contribution in [0.15, 0.2) is 6.07 Å². The van der Waals surface area contributed by atoms with Gasteiger partial charge in [-0.3, -0.25) is 10.1 Å². The van der Waals surface area contributed by atoms with E-state index in [0.717, 1.165) is 25.7 Å². The minimum absolute atomic E-state index is 0.205. The minimum atomic E-state index is -1.09. The molecule has 0 saturated heterocycles. The Bertz CT molecular complexity index is 617. The van der Waals surface area contributed by atoms with Crippen molar-refractivity contribution in [2.75, 3.05) is 0 Å². The third-order valence-corrected chi connectivity index (χ3v) is 4.02. The lowest BCUT2D eigenvalue weighted by molar-refractivity contribution is -0.387. The Morgan fingerprint density at radius 2 is 2.21 bits per heavy atom. The van der Waals surface area contributed by atoms with Gasteiger partial charge in [0, 0.05) is 11.6 Å². The first-order chi connectivity index (χ1) is 9.06. The zero-order valence-electron chi connectivity index (χ0n) is 10.1. The number of aryl methyl sites for hydroxylation is 1. The highest BCUT2D eigenvalue weighted by Gasteiger charge is 2.44. The minimum Gasteiger partial charge on any atom is -0.485 e. The van der Waals surface area contributed by atoms with E-state index in [1.807, 2.05) is 0 Å². The first-order valence-corrected chi connectivity index (χ1v) is 6.15. The van der Waals surface area contributed by atoms with Crippen molar-refractivity contribution in [1.82, 2.24) is 0 Å². The number of ether oxygens (including phenoxy) is 1. The van der Waals surface area contributed by atoms with Crippen LogP contribution in [0.4, 0.5) is 10.1 Å². The van der Waals surface area contributed by atoms with Crippen LogP contribution in [0.1, 0.15) is 36.8 Å². The Morgan fingerprint density at radius 1 is 1.47 bits per heavy atom. The van der Waals surface area contributed by atoms with Crippen molar-refractivity contribution in [2.24, 2.45) is 0 Å². The van der Waals surface area contributed by atoms with E-state index < -0.39 is 16.4 Å². The first kappa shape index (κ1) is 11.9. The maximum absolute atomic E-state index is 13.9. The number of rotatable bonds is 1. The standard InChI is InChI=1S/C13H11FN2O3/c14-11-9(7-15)12-8(6-10(11)16(17)18)2-5-13(19-12)3-1-4-13/h6H,1-5H2. The summed E-state index contributed by atoms with van der Waals surface area (Å²) in [4.78, 5) is 9.98. The summed E-state index contributed by atoms with van der Waals surface area (Å²) in [6.07, 6.45) is 4.22. The van der Waals surface area contributed by atoms with Gasteiger partial charge in [0.15, 0.2) is 0 Å². The zero-order valence-corrected chi connectivity index (χ0v) is 10.1. The van der Waals surface area contributed by atoms with Crippen LogP contribution in [0.2, 0.25) is 0 Å². The molecule has 0 aromatic heterocycles. The highest BCUT2D eigenvalue weighted by molar-refractivity contribution is 5.57. The fourth-order valence-corrected chi connectivity index (χ4v) is 2.77. The van der Waals surface area contributed by atoms with Crippen LogP contribution < -0.4 is 4.74 Å². The number of nitrogens with zero attached hydrogens (tertiary/aromatic N) is 2. The molecule has 3 rings (SSSR count). The molecule has 6 heteroatoms. The van der Waals surface area contributed by atoms with Gasteiger partial charge in [-0.05, 0) is 32.1 Å². The van der Waals surface area contributed by atoms with Gasteiger partial charge in [-0.25, -0.2) is 0 Å². The number of benzene rings is 1. The van der Waals surface area contributed by atoms with Gasteiger partial charge >= 0.3 is 5.69 Å². The van der Waals surface area contributed by atoms with Crippen LogP contribution in [0.5, 0.6) is 5.75 Å². The number of hydrogen-bond acceptors (Lipinski definition) is 4. The van der Waals surface area contributed by atoms with Gasteiger partial charge in [-0.15, -0.1) is 0 Å². The molecule has 1 aliphatic heterocycles. The molecule has 1 fully saturated rings. The molecule has 0 N–H and O–H groups in total. The summed E-state index contributed by atoms with van der Waals surface area (Å²) >= 11 is 0. The molecule has 1 aromatic carbocycles. The van der Waals surface area contributed by atoms with Crippen molar-refractivity contribution in [2.45, 2.75) is 37.7 Å². The molecule has 1 spiro atoms. The zero-order chi connectivity index (χ0) is 13.6. The van der Waals surface area contributed by atoms with Crippen molar-refractivity contribution in [3.63, 3.8) is 0 Å². The molecule has 0 amide bonds. The van der Waals surface area contributed by atoms with Gasteiger partial charge in [-0.2, -0.15) is 9.65 Å². The summed E-state index contributed by atoms with van der Waals surface area (Å²) in [6, 6.07) is 2.89. The maximum atomic E-state index is 13.9. The molecule has 98 valence electrons. The second-order valence-corrected chi connectivity index (χ2v) is 5.08. The Morgan fingerprint density at radius 3 is 2.74 bits per heavy atom. The van der Waals surface area contributed by atoms with E-state index in [2.05, 4.69) is 0 Å². The van der Waals surface area contributed by atoms with Gasteiger partial charge in [0.25, 0.3) is 0 Å². The molecule has 0 radical (unpaired) electrons. The van der Waals surface area contributed by atoms with Crippen molar-refractivity contribution in [3.8, 4) is 11.8 Å². The number of nitro groups is 1. The second kappa shape index (κ2) is 3.92. The fourth-order valence-electron chi connectivity index (χ4n) is 2.77. The Hall–Kier alpha value is -2.16. The predicted molar refractivity (Wildman–Crippen MR) is 63.3 cm³/mol. The molecule has 1 aliphatic carbocycles. The van der Waals surface area contributed by atoms with E-state index in [-0.39, 0.29) is 16.9 Å². The van der Waals surface area contributed by atoms with Gasteiger partial charge in [0.2, 0.25) is 5.82 Å². The molecule has 5 nitrogen and oxygen atoms in total. The monoisotopic (exact) mass is 262 g/mol. The SMILES string of the molecule is N#Cc1c(F)c([N+](=O)[O-])cc2c1OC1(CCC1)CC2. The fraction of sp³-hybridized carbons (Fsp3) is 0.462. The summed E-state index contributed by atoms with van der Waals surface area (Å²) in [5.41, 5.74) is -0.706. The van der Waals surface area contributed by atoms with Gasteiger partial charge in [-0.1, -0.05) is 0 Å². The van der Waals surface area contributed by atoms with Crippen LogP contribution >= 0.6 is 0 Å². The smallest absolute Gasteiger partial charge is 0.306 e. The molecule has 1 aromatic rings. The van der Waals surface area contributed by atoms with Crippen LogP contribution in [0.3, 0.4) is 0 Å². The first-order valence-electron chi connectivity index (χ1n) is 6.15. The Labute approximate surface area is 108 Å². The lowest BCUT2D eigenvalue weighted by Crippen LogP contribution is -2.46. The summed E-state index contributed by atoms with van der Waals surface area (Å²) in [5, 5.41) is 19.8. The Balaban J connectivity index is 2.14. The van der Waals surface area contributed by atoms with E-state index in [0.29, 0.717) is 12.0 Å². The normalized spacial score (nSPS) is 18.9. The van der Waals surface area contributed by atoms with E-state index in [9.17, 15) is 14.5 Å². The highest BCUT2D eigenvalue weighted by atomic mass is 19.1. The average molecular weight is 262 g/mol. The number of nitro benzene ring substituents is 1.